The average Bonchev–Trinajstić information content (AvgIpc) is 2.20. The minimum absolute atomic E-state index is 5.22. The summed E-state index contributed by atoms with van der Waals surface area (Å²) < 4.78 is 196. The minimum Gasteiger partial charge on any atom is -0.207 e. The van der Waals surface area contributed by atoms with Gasteiger partial charge in [-0.1, -0.05) is 0 Å². The van der Waals surface area contributed by atoms with Crippen molar-refractivity contribution in [3.05, 3.63) is 11.7 Å². The number of rotatable bonds is 2. The van der Waals surface area contributed by atoms with E-state index in [-0.39, 0.29) is 0 Å². The van der Waals surface area contributed by atoms with Gasteiger partial charge < -0.3 is 0 Å². The second kappa shape index (κ2) is 5.57. The van der Waals surface area contributed by atoms with E-state index < -0.39 is 47.7 Å². The second-order valence-electron chi connectivity index (χ2n) is 3.94. The maximum Gasteiger partial charge on any atom is 0.460 e. The minimum atomic E-state index is -7.92. The summed E-state index contributed by atoms with van der Waals surface area (Å²) in [5.74, 6) is -18.0. The van der Waals surface area contributed by atoms with Crippen molar-refractivity contribution in [2.24, 2.45) is 5.41 Å². The van der Waals surface area contributed by atoms with E-state index in [1.165, 1.54) is 0 Å². The smallest absolute Gasteiger partial charge is 0.207 e. The van der Waals surface area contributed by atoms with Crippen molar-refractivity contribution in [3.63, 3.8) is 0 Å². The third-order valence-electron chi connectivity index (χ3n) is 2.43. The van der Waals surface area contributed by atoms with Gasteiger partial charge in [0.2, 0.25) is 5.83 Å². The van der Waals surface area contributed by atoms with Gasteiger partial charge in [0.05, 0.1) is 0 Å². The maximum atomic E-state index is 13.0. The zero-order chi connectivity index (χ0) is 20.2. The molecule has 0 atom stereocenters. The SMILES string of the molecule is FC(=C(F)C(C(F)(F)F)(C(F)(F)F)C(F)(F)F)C(F)(F)C(F)(F)F. The summed E-state index contributed by atoms with van der Waals surface area (Å²) in [7, 11) is 0. The molecule has 0 saturated heterocycles. The lowest BCUT2D eigenvalue weighted by Gasteiger charge is -2.37. The van der Waals surface area contributed by atoms with Gasteiger partial charge in [0, 0.05) is 0 Å². The Kier molecular flexibility index (Phi) is 5.25. The Morgan fingerprint density at radius 3 is 0.792 bits per heavy atom. The van der Waals surface area contributed by atoms with Crippen molar-refractivity contribution in [2.75, 3.05) is 0 Å². The number of halogens is 16. The summed E-state index contributed by atoms with van der Waals surface area (Å²) in [5.41, 5.74) is -7.92. The van der Waals surface area contributed by atoms with Crippen LogP contribution in [0.5, 0.6) is 0 Å². The lowest BCUT2D eigenvalue weighted by atomic mass is 9.82. The molecule has 24 heavy (non-hydrogen) atoms. The molecule has 0 unspecified atom stereocenters. The Balaban J connectivity index is 7.12. The molecule has 0 saturated carbocycles. The van der Waals surface area contributed by atoms with E-state index in [1.807, 2.05) is 0 Å². The zero-order valence-electron chi connectivity index (χ0n) is 10.0. The molecule has 0 aromatic carbocycles. The molecule has 0 rings (SSSR count). The van der Waals surface area contributed by atoms with Crippen LogP contribution in [0.3, 0.4) is 0 Å². The molecule has 0 aromatic heterocycles. The molecule has 0 spiro atoms. The molecule has 0 radical (unpaired) electrons. The van der Waals surface area contributed by atoms with Gasteiger partial charge in [-0.05, 0) is 0 Å². The zero-order valence-corrected chi connectivity index (χ0v) is 10.0. The van der Waals surface area contributed by atoms with Gasteiger partial charge in [-0.25, -0.2) is 8.78 Å². The first-order chi connectivity index (χ1) is 10.1. The Labute approximate surface area is 119 Å². The van der Waals surface area contributed by atoms with Crippen molar-refractivity contribution < 1.29 is 70.2 Å². The first-order valence-corrected chi connectivity index (χ1v) is 4.77. The van der Waals surface area contributed by atoms with Crippen molar-refractivity contribution in [1.29, 1.82) is 0 Å². The van der Waals surface area contributed by atoms with E-state index in [2.05, 4.69) is 0 Å². The average molecular weight is 400 g/mol. The van der Waals surface area contributed by atoms with Gasteiger partial charge in [0.15, 0.2) is 5.83 Å². The van der Waals surface area contributed by atoms with Crippen LogP contribution in [0.15, 0.2) is 11.7 Å². The fourth-order valence-corrected chi connectivity index (χ4v) is 1.28. The summed E-state index contributed by atoms with van der Waals surface area (Å²) in [5, 5.41) is 0. The molecule has 0 nitrogen and oxygen atoms in total. The van der Waals surface area contributed by atoms with Crippen molar-refractivity contribution >= 4 is 0 Å². The molecule has 144 valence electrons. The molecular formula is C8F16. The third kappa shape index (κ3) is 3.10. The summed E-state index contributed by atoms with van der Waals surface area (Å²) >= 11 is 0. The Morgan fingerprint density at radius 1 is 0.375 bits per heavy atom. The first-order valence-electron chi connectivity index (χ1n) is 4.77. The summed E-state index contributed by atoms with van der Waals surface area (Å²) in [6.45, 7) is 0. The van der Waals surface area contributed by atoms with E-state index in [4.69, 9.17) is 0 Å². The van der Waals surface area contributed by atoms with Crippen LogP contribution in [0.25, 0.3) is 0 Å². The van der Waals surface area contributed by atoms with Crippen LogP contribution in [0, 0.1) is 5.41 Å². The summed E-state index contributed by atoms with van der Waals surface area (Å²) in [4.78, 5) is 0. The first kappa shape index (κ1) is 22.6. The third-order valence-corrected chi connectivity index (χ3v) is 2.43. The molecule has 0 fully saturated rings. The van der Waals surface area contributed by atoms with Gasteiger partial charge in [0.25, 0.3) is 0 Å². The van der Waals surface area contributed by atoms with Crippen LogP contribution in [-0.4, -0.2) is 30.6 Å². The van der Waals surface area contributed by atoms with Gasteiger partial charge in [-0.3, -0.25) is 0 Å². The van der Waals surface area contributed by atoms with Crippen LogP contribution in [0.2, 0.25) is 0 Å². The van der Waals surface area contributed by atoms with E-state index >= 15 is 0 Å². The molecule has 0 aromatic rings. The number of alkyl halides is 14. The largest absolute Gasteiger partial charge is 0.460 e. The van der Waals surface area contributed by atoms with Gasteiger partial charge in [-0.15, -0.1) is 0 Å². The van der Waals surface area contributed by atoms with Gasteiger partial charge >= 0.3 is 36.0 Å². The van der Waals surface area contributed by atoms with E-state index in [0.717, 1.165) is 0 Å². The highest BCUT2D eigenvalue weighted by atomic mass is 19.4. The monoisotopic (exact) mass is 400 g/mol. The van der Waals surface area contributed by atoms with Crippen LogP contribution >= 0.6 is 0 Å². The van der Waals surface area contributed by atoms with Crippen LogP contribution in [-0.2, 0) is 0 Å². The Morgan fingerprint density at radius 2 is 0.625 bits per heavy atom. The van der Waals surface area contributed by atoms with Crippen LogP contribution in [0.4, 0.5) is 70.2 Å². The normalized spacial score (nSPS) is 17.0. The molecule has 0 aliphatic rings. The van der Waals surface area contributed by atoms with Crippen molar-refractivity contribution in [3.8, 4) is 0 Å². The molecule has 0 amide bonds. The predicted octanol–water partition coefficient (Wildman–Crippen LogP) is 6.01. The second-order valence-corrected chi connectivity index (χ2v) is 3.94. The lowest BCUT2D eigenvalue weighted by molar-refractivity contribution is -0.417. The number of hydrogen-bond donors (Lipinski definition) is 0. The highest BCUT2D eigenvalue weighted by Crippen LogP contribution is 2.65. The number of allylic oxidation sites excluding steroid dienone is 2. The predicted molar refractivity (Wildman–Crippen MR) is 40.8 cm³/mol. The van der Waals surface area contributed by atoms with Gasteiger partial charge in [-0.2, -0.15) is 61.5 Å². The Bertz CT molecular complexity index is 456. The van der Waals surface area contributed by atoms with E-state index in [1.54, 1.807) is 0 Å². The molecular weight excluding hydrogens is 400 g/mol. The molecule has 0 N–H and O–H groups in total. The lowest BCUT2D eigenvalue weighted by Crippen LogP contribution is -2.60. The standard InChI is InChI=1S/C8F16/c9-1(2(10)4(11,12)8(22,23)24)3(5(13,14)15,6(16,17)18)7(19,20)21. The summed E-state index contributed by atoms with van der Waals surface area (Å²) in [6.07, 6.45) is -31.0. The fraction of sp³-hybridized carbons (Fsp3) is 0.750. The maximum absolute atomic E-state index is 13.0. The van der Waals surface area contributed by atoms with E-state index in [0.29, 0.717) is 0 Å². The fourth-order valence-electron chi connectivity index (χ4n) is 1.28. The molecule has 16 heteroatoms. The summed E-state index contributed by atoms with van der Waals surface area (Å²) in [6, 6.07) is 0. The highest BCUT2D eigenvalue weighted by molar-refractivity contribution is 5.26. The van der Waals surface area contributed by atoms with Crippen molar-refractivity contribution in [1.82, 2.24) is 0 Å². The Hall–Kier alpha value is -1.38. The molecule has 0 heterocycles. The highest BCUT2D eigenvalue weighted by Gasteiger charge is 2.87. The molecule has 0 aliphatic heterocycles. The topological polar surface area (TPSA) is 0 Å². The van der Waals surface area contributed by atoms with E-state index in [9.17, 15) is 70.2 Å². The van der Waals surface area contributed by atoms with Gasteiger partial charge in [0.1, 0.15) is 0 Å². The molecule has 0 aliphatic carbocycles. The quantitative estimate of drug-likeness (QED) is 0.499. The van der Waals surface area contributed by atoms with Crippen LogP contribution in [0.1, 0.15) is 0 Å². The number of hydrogen-bond acceptors (Lipinski definition) is 0. The van der Waals surface area contributed by atoms with Crippen LogP contribution < -0.4 is 0 Å². The molecule has 0 bridgehead atoms. The van der Waals surface area contributed by atoms with Crippen molar-refractivity contribution in [2.45, 2.75) is 30.6 Å².